The van der Waals surface area contributed by atoms with E-state index in [0.29, 0.717) is 10.7 Å². The van der Waals surface area contributed by atoms with Gasteiger partial charge in [0.1, 0.15) is 18.7 Å². The molecule has 0 radical (unpaired) electrons. The number of hydrogen-bond donors (Lipinski definition) is 1. The van der Waals surface area contributed by atoms with E-state index in [9.17, 15) is 9.59 Å². The van der Waals surface area contributed by atoms with E-state index in [1.165, 1.54) is 11.0 Å². The number of anilines is 1. The number of rotatable bonds is 5. The molecule has 0 aliphatic heterocycles. The van der Waals surface area contributed by atoms with Crippen LogP contribution in [0, 0.1) is 0 Å². The van der Waals surface area contributed by atoms with Gasteiger partial charge in [-0.15, -0.1) is 0 Å². The van der Waals surface area contributed by atoms with Gasteiger partial charge in [-0.25, -0.2) is 0 Å². The Morgan fingerprint density at radius 1 is 1.19 bits per heavy atom. The van der Waals surface area contributed by atoms with E-state index >= 15 is 0 Å². The van der Waals surface area contributed by atoms with Crippen LogP contribution < -0.4 is 4.90 Å². The zero-order chi connectivity index (χ0) is 16.2. The van der Waals surface area contributed by atoms with Crippen molar-refractivity contribution in [2.45, 2.75) is 26.4 Å². The van der Waals surface area contributed by atoms with E-state index in [-0.39, 0.29) is 18.1 Å². The number of carboxylic acids is 1. The van der Waals surface area contributed by atoms with Crippen molar-refractivity contribution in [3.63, 3.8) is 0 Å². The highest BCUT2D eigenvalue weighted by Crippen LogP contribution is 2.27. The molecule has 116 valence electrons. The normalized spacial score (nSPS) is 11.1. The summed E-state index contributed by atoms with van der Waals surface area (Å²) in [5.74, 6) is -1.58. The number of halogens is 2. The lowest BCUT2D eigenvalue weighted by Crippen LogP contribution is -2.37. The van der Waals surface area contributed by atoms with Gasteiger partial charge in [0.15, 0.2) is 0 Å². The second kappa shape index (κ2) is 7.00. The topological polar surface area (TPSA) is 66.8 Å². The minimum Gasteiger partial charge on any atom is -0.480 e. The summed E-state index contributed by atoms with van der Waals surface area (Å²) in [6.45, 7) is 4.68. The molecule has 7 heteroatoms. The summed E-state index contributed by atoms with van der Waals surface area (Å²) < 4.78 is 5.19. The number of aliphatic carboxylic acids is 1. The molecule has 1 aromatic rings. The molecule has 0 heterocycles. The third-order valence-electron chi connectivity index (χ3n) is 2.33. The van der Waals surface area contributed by atoms with Crippen LogP contribution in [0.25, 0.3) is 0 Å². The quantitative estimate of drug-likeness (QED) is 0.838. The Morgan fingerprint density at radius 2 is 1.81 bits per heavy atom. The molecule has 0 bridgehead atoms. The van der Waals surface area contributed by atoms with Crippen LogP contribution in [-0.4, -0.2) is 35.7 Å². The lowest BCUT2D eigenvalue weighted by Gasteiger charge is -2.25. The fourth-order valence-electron chi connectivity index (χ4n) is 1.61. The second-order valence-electron chi connectivity index (χ2n) is 5.43. The van der Waals surface area contributed by atoms with Crippen molar-refractivity contribution in [1.82, 2.24) is 0 Å². The van der Waals surface area contributed by atoms with Crippen molar-refractivity contribution in [1.29, 1.82) is 0 Å². The SMILES string of the molecule is CC(C)(C)OC(=O)CN(CC(=O)O)c1ccc(Cl)c(Cl)c1. The standard InChI is InChI=1S/C14H17Cl2NO4/c1-14(2,3)21-13(20)8-17(7-12(18)19)9-4-5-10(15)11(16)6-9/h4-6H,7-8H2,1-3H3,(H,18,19). The molecule has 1 rings (SSSR count). The van der Waals surface area contributed by atoms with Crippen molar-refractivity contribution >= 4 is 40.8 Å². The van der Waals surface area contributed by atoms with Gasteiger partial charge in [-0.2, -0.15) is 0 Å². The van der Waals surface area contributed by atoms with Crippen LogP contribution in [0.15, 0.2) is 18.2 Å². The lowest BCUT2D eigenvalue weighted by atomic mass is 10.2. The Balaban J connectivity index is 2.92. The molecule has 0 saturated heterocycles. The van der Waals surface area contributed by atoms with Crippen LogP contribution in [0.2, 0.25) is 10.0 Å². The predicted molar refractivity (Wildman–Crippen MR) is 82.2 cm³/mol. The van der Waals surface area contributed by atoms with E-state index in [1.807, 2.05) is 0 Å². The number of benzene rings is 1. The van der Waals surface area contributed by atoms with E-state index in [2.05, 4.69) is 0 Å². The van der Waals surface area contributed by atoms with Gasteiger partial charge in [0.25, 0.3) is 0 Å². The van der Waals surface area contributed by atoms with Gasteiger partial charge in [-0.3, -0.25) is 9.59 Å². The highest BCUT2D eigenvalue weighted by atomic mass is 35.5. The third-order valence-corrected chi connectivity index (χ3v) is 3.07. The third kappa shape index (κ3) is 6.23. The van der Waals surface area contributed by atoms with Crippen LogP contribution in [0.1, 0.15) is 20.8 Å². The summed E-state index contributed by atoms with van der Waals surface area (Å²) in [6, 6.07) is 4.65. The first-order chi connectivity index (χ1) is 9.58. The molecular weight excluding hydrogens is 317 g/mol. The van der Waals surface area contributed by atoms with Crippen LogP contribution in [0.4, 0.5) is 5.69 Å². The van der Waals surface area contributed by atoms with Crippen molar-refractivity contribution < 1.29 is 19.4 Å². The maximum atomic E-state index is 11.9. The number of esters is 1. The van der Waals surface area contributed by atoms with E-state index in [4.69, 9.17) is 33.0 Å². The number of carboxylic acid groups (broad SMARTS) is 1. The lowest BCUT2D eigenvalue weighted by molar-refractivity contribution is -0.153. The zero-order valence-electron chi connectivity index (χ0n) is 12.0. The van der Waals surface area contributed by atoms with Gasteiger partial charge in [-0.1, -0.05) is 23.2 Å². The number of ether oxygens (including phenoxy) is 1. The Kier molecular flexibility index (Phi) is 5.87. The number of carbonyl (C=O) groups excluding carboxylic acids is 1. The summed E-state index contributed by atoms with van der Waals surface area (Å²) in [6.07, 6.45) is 0. The number of carbonyl (C=O) groups is 2. The van der Waals surface area contributed by atoms with Crippen LogP contribution in [0.3, 0.4) is 0 Å². The molecule has 0 atom stereocenters. The van der Waals surface area contributed by atoms with Gasteiger partial charge in [0.2, 0.25) is 0 Å². The molecule has 5 nitrogen and oxygen atoms in total. The highest BCUT2D eigenvalue weighted by Gasteiger charge is 2.21. The molecule has 0 amide bonds. The van der Waals surface area contributed by atoms with Gasteiger partial charge < -0.3 is 14.7 Å². The molecule has 1 N–H and O–H groups in total. The van der Waals surface area contributed by atoms with E-state index in [1.54, 1.807) is 32.9 Å². The summed E-state index contributed by atoms with van der Waals surface area (Å²) >= 11 is 11.7. The first-order valence-electron chi connectivity index (χ1n) is 6.22. The van der Waals surface area contributed by atoms with Gasteiger partial charge >= 0.3 is 11.9 Å². The summed E-state index contributed by atoms with van der Waals surface area (Å²) in [4.78, 5) is 24.2. The number of nitrogens with zero attached hydrogens (tertiary/aromatic N) is 1. The summed E-state index contributed by atoms with van der Waals surface area (Å²) in [5, 5.41) is 9.60. The summed E-state index contributed by atoms with van der Waals surface area (Å²) in [5.41, 5.74) is -0.151. The molecule has 0 saturated carbocycles. The fourth-order valence-corrected chi connectivity index (χ4v) is 1.91. The number of hydrogen-bond acceptors (Lipinski definition) is 4. The van der Waals surface area contributed by atoms with Crippen molar-refractivity contribution in [2.75, 3.05) is 18.0 Å². The van der Waals surface area contributed by atoms with Gasteiger partial charge in [0, 0.05) is 5.69 Å². The monoisotopic (exact) mass is 333 g/mol. The molecule has 0 aromatic heterocycles. The minimum absolute atomic E-state index is 0.193. The van der Waals surface area contributed by atoms with Crippen LogP contribution in [-0.2, 0) is 14.3 Å². The highest BCUT2D eigenvalue weighted by molar-refractivity contribution is 6.42. The molecule has 0 aliphatic carbocycles. The van der Waals surface area contributed by atoms with Crippen molar-refractivity contribution in [3.8, 4) is 0 Å². The average Bonchev–Trinajstić information content (AvgIpc) is 2.28. The maximum Gasteiger partial charge on any atom is 0.326 e. The molecule has 0 spiro atoms. The molecule has 1 aromatic carbocycles. The molecule has 0 unspecified atom stereocenters. The Labute approximate surface area is 133 Å². The van der Waals surface area contributed by atoms with Crippen molar-refractivity contribution in [2.24, 2.45) is 0 Å². The zero-order valence-corrected chi connectivity index (χ0v) is 13.5. The fraction of sp³-hybridized carbons (Fsp3) is 0.429. The molecule has 21 heavy (non-hydrogen) atoms. The average molecular weight is 334 g/mol. The van der Waals surface area contributed by atoms with E-state index < -0.39 is 17.5 Å². The molecular formula is C14H17Cl2NO4. The minimum atomic E-state index is -1.07. The predicted octanol–water partition coefficient (Wildman–Crippen LogP) is 3.23. The first kappa shape index (κ1) is 17.6. The Hall–Kier alpha value is -1.46. The van der Waals surface area contributed by atoms with Crippen LogP contribution >= 0.6 is 23.2 Å². The van der Waals surface area contributed by atoms with E-state index in [0.717, 1.165) is 0 Å². The maximum absolute atomic E-state index is 11.9. The van der Waals surface area contributed by atoms with Gasteiger partial charge in [-0.05, 0) is 39.0 Å². The van der Waals surface area contributed by atoms with Gasteiger partial charge in [0.05, 0.1) is 10.0 Å². The Morgan fingerprint density at radius 3 is 2.29 bits per heavy atom. The molecule has 0 aliphatic rings. The largest absolute Gasteiger partial charge is 0.480 e. The van der Waals surface area contributed by atoms with Crippen molar-refractivity contribution in [3.05, 3.63) is 28.2 Å². The molecule has 0 fully saturated rings. The first-order valence-corrected chi connectivity index (χ1v) is 6.98. The Bertz CT molecular complexity index is 540. The smallest absolute Gasteiger partial charge is 0.326 e. The summed E-state index contributed by atoms with van der Waals surface area (Å²) in [7, 11) is 0. The second-order valence-corrected chi connectivity index (χ2v) is 6.25. The van der Waals surface area contributed by atoms with Crippen LogP contribution in [0.5, 0.6) is 0 Å².